The van der Waals surface area contributed by atoms with E-state index in [1.54, 1.807) is 0 Å². The van der Waals surface area contributed by atoms with Crippen LogP contribution >= 0.6 is 0 Å². The van der Waals surface area contributed by atoms with Crippen LogP contribution in [0, 0.1) is 0 Å². The molecule has 13 heavy (non-hydrogen) atoms. The Morgan fingerprint density at radius 2 is 2.15 bits per heavy atom. The number of nitrogens with two attached hydrogens (primary N) is 1. The minimum atomic E-state index is 0.803. The molecule has 1 fully saturated rings. The van der Waals surface area contributed by atoms with E-state index in [1.807, 2.05) is 12.1 Å². The molecule has 2 aromatic rings. The molecular weight excluding hydrogens is 160 g/mol. The quantitative estimate of drug-likeness (QED) is 0.638. The summed E-state index contributed by atoms with van der Waals surface area (Å²) in [4.78, 5) is 3.27. The average Bonchev–Trinajstić information content (AvgIpc) is 2.87. The highest BCUT2D eigenvalue weighted by atomic mass is 14.7. The number of hydrogen-bond acceptors (Lipinski definition) is 1. The fourth-order valence-corrected chi connectivity index (χ4v) is 1.90. The number of nitrogen functional groups attached to an aromatic ring is 1. The van der Waals surface area contributed by atoms with Gasteiger partial charge in [0.2, 0.25) is 0 Å². The number of nitrogens with one attached hydrogen (secondary N) is 1. The third-order valence-electron chi connectivity index (χ3n) is 2.75. The lowest BCUT2D eigenvalue weighted by molar-refractivity contribution is 1.15. The summed E-state index contributed by atoms with van der Waals surface area (Å²) in [6, 6.07) is 6.10. The Morgan fingerprint density at radius 3 is 2.92 bits per heavy atom. The van der Waals surface area contributed by atoms with Gasteiger partial charge in [0.1, 0.15) is 0 Å². The fourth-order valence-electron chi connectivity index (χ4n) is 1.90. The second kappa shape index (κ2) is 2.28. The first kappa shape index (κ1) is 7.01. The van der Waals surface area contributed by atoms with E-state index in [2.05, 4.69) is 17.2 Å². The molecule has 0 unspecified atom stereocenters. The lowest BCUT2D eigenvalue weighted by atomic mass is 10.1. The number of hydrogen-bond donors (Lipinski definition) is 2. The van der Waals surface area contributed by atoms with Crippen LogP contribution in [0.25, 0.3) is 10.9 Å². The molecule has 3 N–H and O–H groups in total. The summed E-state index contributed by atoms with van der Waals surface area (Å²) in [6.07, 6.45) is 4.82. The van der Waals surface area contributed by atoms with Crippen molar-refractivity contribution in [3.05, 3.63) is 30.0 Å². The molecule has 0 atom stereocenters. The first-order valence-electron chi connectivity index (χ1n) is 4.71. The minimum Gasteiger partial charge on any atom is -0.399 e. The number of aromatic amines is 1. The van der Waals surface area contributed by atoms with Crippen LogP contribution < -0.4 is 5.73 Å². The van der Waals surface area contributed by atoms with Gasteiger partial charge in [-0.3, -0.25) is 0 Å². The van der Waals surface area contributed by atoms with Crippen LogP contribution in [-0.2, 0) is 0 Å². The summed E-state index contributed by atoms with van der Waals surface area (Å²) in [5, 5.41) is 1.34. The van der Waals surface area contributed by atoms with E-state index in [0.717, 1.165) is 11.6 Å². The molecule has 0 radical (unpaired) electrons. The van der Waals surface area contributed by atoms with Gasteiger partial charge in [-0.05, 0) is 36.5 Å². The van der Waals surface area contributed by atoms with Gasteiger partial charge in [-0.1, -0.05) is 6.07 Å². The SMILES string of the molecule is Nc1ccc2c(C3CC3)c[nH]c2c1. The number of rotatable bonds is 1. The predicted molar refractivity (Wildman–Crippen MR) is 54.7 cm³/mol. The summed E-state index contributed by atoms with van der Waals surface area (Å²) >= 11 is 0. The molecule has 1 aliphatic carbocycles. The topological polar surface area (TPSA) is 41.8 Å². The number of H-pyrrole nitrogens is 1. The van der Waals surface area contributed by atoms with Crippen molar-refractivity contribution in [3.8, 4) is 0 Å². The van der Waals surface area contributed by atoms with Crippen molar-refractivity contribution in [2.24, 2.45) is 0 Å². The van der Waals surface area contributed by atoms with Crippen molar-refractivity contribution in [3.63, 3.8) is 0 Å². The second-order valence-corrected chi connectivity index (χ2v) is 3.82. The maximum Gasteiger partial charge on any atom is 0.0477 e. The minimum absolute atomic E-state index is 0.803. The smallest absolute Gasteiger partial charge is 0.0477 e. The third-order valence-corrected chi connectivity index (χ3v) is 2.75. The molecule has 0 saturated heterocycles. The summed E-state index contributed by atoms with van der Waals surface area (Å²) in [5.41, 5.74) is 9.17. The molecule has 2 nitrogen and oxygen atoms in total. The van der Waals surface area contributed by atoms with Crippen LogP contribution in [0.15, 0.2) is 24.4 Å². The number of fused-ring (bicyclic) bond motifs is 1. The van der Waals surface area contributed by atoms with E-state index in [1.165, 1.54) is 29.3 Å². The molecule has 66 valence electrons. The fraction of sp³-hybridized carbons (Fsp3) is 0.273. The first-order valence-corrected chi connectivity index (χ1v) is 4.71. The van der Waals surface area contributed by atoms with E-state index >= 15 is 0 Å². The molecule has 1 aromatic carbocycles. The largest absolute Gasteiger partial charge is 0.399 e. The molecular formula is C11H12N2. The molecule has 3 rings (SSSR count). The van der Waals surface area contributed by atoms with Crippen LogP contribution in [0.4, 0.5) is 5.69 Å². The summed E-state index contributed by atoms with van der Waals surface area (Å²) < 4.78 is 0. The monoisotopic (exact) mass is 172 g/mol. The normalized spacial score (nSPS) is 16.6. The maximum atomic E-state index is 5.70. The Bertz CT molecular complexity index is 452. The molecule has 0 aliphatic heterocycles. The van der Waals surface area contributed by atoms with E-state index in [-0.39, 0.29) is 0 Å². The highest BCUT2D eigenvalue weighted by molar-refractivity contribution is 5.86. The molecule has 0 amide bonds. The molecule has 1 heterocycles. The Morgan fingerprint density at radius 1 is 1.31 bits per heavy atom. The van der Waals surface area contributed by atoms with Gasteiger partial charge in [0.25, 0.3) is 0 Å². The second-order valence-electron chi connectivity index (χ2n) is 3.82. The van der Waals surface area contributed by atoms with E-state index < -0.39 is 0 Å². The summed E-state index contributed by atoms with van der Waals surface area (Å²) in [5.74, 6) is 0.803. The Labute approximate surface area is 76.8 Å². The maximum absolute atomic E-state index is 5.70. The van der Waals surface area contributed by atoms with Gasteiger partial charge in [0.15, 0.2) is 0 Å². The Balaban J connectivity index is 2.26. The van der Waals surface area contributed by atoms with E-state index in [9.17, 15) is 0 Å². The van der Waals surface area contributed by atoms with E-state index in [4.69, 9.17) is 5.73 Å². The number of benzene rings is 1. The lowest BCUT2D eigenvalue weighted by Crippen LogP contribution is -1.83. The molecule has 1 aliphatic rings. The van der Waals surface area contributed by atoms with Gasteiger partial charge in [0.05, 0.1) is 0 Å². The van der Waals surface area contributed by atoms with Crippen LogP contribution in [0.2, 0.25) is 0 Å². The van der Waals surface area contributed by atoms with Crippen LogP contribution in [-0.4, -0.2) is 4.98 Å². The zero-order valence-electron chi connectivity index (χ0n) is 7.38. The predicted octanol–water partition coefficient (Wildman–Crippen LogP) is 2.63. The first-order chi connectivity index (χ1) is 6.34. The zero-order valence-corrected chi connectivity index (χ0v) is 7.38. The zero-order chi connectivity index (χ0) is 8.84. The van der Waals surface area contributed by atoms with Crippen molar-refractivity contribution in [2.75, 3.05) is 5.73 Å². The van der Waals surface area contributed by atoms with Gasteiger partial charge in [-0.2, -0.15) is 0 Å². The Kier molecular flexibility index (Phi) is 1.23. The highest BCUT2D eigenvalue weighted by Crippen LogP contribution is 2.43. The molecule has 1 aromatic heterocycles. The van der Waals surface area contributed by atoms with Gasteiger partial charge in [0, 0.05) is 22.8 Å². The van der Waals surface area contributed by atoms with E-state index in [0.29, 0.717) is 0 Å². The molecule has 0 bridgehead atoms. The van der Waals surface area contributed by atoms with Gasteiger partial charge in [-0.15, -0.1) is 0 Å². The number of aromatic nitrogens is 1. The number of anilines is 1. The van der Waals surface area contributed by atoms with Gasteiger partial charge in [-0.25, -0.2) is 0 Å². The van der Waals surface area contributed by atoms with Crippen molar-refractivity contribution in [1.29, 1.82) is 0 Å². The highest BCUT2D eigenvalue weighted by Gasteiger charge is 2.25. The van der Waals surface area contributed by atoms with Crippen molar-refractivity contribution >= 4 is 16.6 Å². The van der Waals surface area contributed by atoms with Crippen LogP contribution in [0.5, 0.6) is 0 Å². The molecule has 1 saturated carbocycles. The Hall–Kier alpha value is -1.44. The van der Waals surface area contributed by atoms with Crippen LogP contribution in [0.1, 0.15) is 24.3 Å². The van der Waals surface area contributed by atoms with Crippen molar-refractivity contribution in [1.82, 2.24) is 4.98 Å². The third kappa shape index (κ3) is 1.02. The standard InChI is InChI=1S/C11H12N2/c12-8-3-4-9-10(7-1-2-7)6-13-11(9)5-8/h3-7,13H,1-2,12H2. The molecule has 0 spiro atoms. The van der Waals surface area contributed by atoms with Gasteiger partial charge >= 0.3 is 0 Å². The summed E-state index contributed by atoms with van der Waals surface area (Å²) in [7, 11) is 0. The van der Waals surface area contributed by atoms with Crippen molar-refractivity contribution < 1.29 is 0 Å². The van der Waals surface area contributed by atoms with Crippen LogP contribution in [0.3, 0.4) is 0 Å². The van der Waals surface area contributed by atoms with Gasteiger partial charge < -0.3 is 10.7 Å². The summed E-state index contributed by atoms with van der Waals surface area (Å²) in [6.45, 7) is 0. The lowest BCUT2D eigenvalue weighted by Gasteiger charge is -1.95. The average molecular weight is 172 g/mol. The van der Waals surface area contributed by atoms with Crippen molar-refractivity contribution in [2.45, 2.75) is 18.8 Å². The molecule has 2 heteroatoms.